The highest BCUT2D eigenvalue weighted by molar-refractivity contribution is 6.01. The first-order valence-electron chi connectivity index (χ1n) is 5.80. The Morgan fingerprint density at radius 3 is 2.75 bits per heavy atom. The van der Waals surface area contributed by atoms with Crippen molar-refractivity contribution in [2.75, 3.05) is 0 Å². The number of Topliss-reactive ketones (excluding diaryl/α,β-unsaturated/α-hetero) is 2. The van der Waals surface area contributed by atoms with E-state index in [2.05, 4.69) is 0 Å². The van der Waals surface area contributed by atoms with Crippen molar-refractivity contribution in [3.8, 4) is 0 Å². The summed E-state index contributed by atoms with van der Waals surface area (Å²) in [6, 6.07) is 7.61. The minimum Gasteiger partial charge on any atom is -0.300 e. The first-order chi connectivity index (χ1) is 7.68. The summed E-state index contributed by atoms with van der Waals surface area (Å²) in [6.07, 6.45) is 2.81. The molecule has 0 bridgehead atoms. The third-order valence-electron chi connectivity index (χ3n) is 3.26. The van der Waals surface area contributed by atoms with E-state index >= 15 is 0 Å². The first kappa shape index (κ1) is 11.1. The summed E-state index contributed by atoms with van der Waals surface area (Å²) in [6.45, 7) is 1.94. The zero-order valence-corrected chi connectivity index (χ0v) is 9.53. The maximum Gasteiger partial charge on any atom is 0.166 e. The van der Waals surface area contributed by atoms with Crippen LogP contribution < -0.4 is 0 Å². The molecule has 0 radical (unpaired) electrons. The topological polar surface area (TPSA) is 34.1 Å². The molecule has 0 saturated heterocycles. The van der Waals surface area contributed by atoms with Gasteiger partial charge in [-0.25, -0.2) is 0 Å². The van der Waals surface area contributed by atoms with Crippen LogP contribution in [0.4, 0.5) is 0 Å². The Bertz CT molecular complexity index is 420. The molecule has 2 nitrogen and oxygen atoms in total. The molecule has 0 aromatic heterocycles. The van der Waals surface area contributed by atoms with Crippen molar-refractivity contribution in [1.82, 2.24) is 0 Å². The molecule has 2 rings (SSSR count). The van der Waals surface area contributed by atoms with E-state index in [1.54, 1.807) is 0 Å². The lowest BCUT2D eigenvalue weighted by Gasteiger charge is -2.20. The van der Waals surface area contributed by atoms with Crippen molar-refractivity contribution in [3.63, 3.8) is 0 Å². The van der Waals surface area contributed by atoms with Gasteiger partial charge in [-0.3, -0.25) is 9.59 Å². The third-order valence-corrected chi connectivity index (χ3v) is 3.26. The number of carbonyl (C=O) groups is 2. The summed E-state index contributed by atoms with van der Waals surface area (Å²) in [7, 11) is 0. The minimum atomic E-state index is -0.0812. The largest absolute Gasteiger partial charge is 0.300 e. The summed E-state index contributed by atoms with van der Waals surface area (Å²) in [5, 5.41) is 0. The van der Waals surface area contributed by atoms with Gasteiger partial charge in [0.25, 0.3) is 0 Å². The Morgan fingerprint density at radius 1 is 1.31 bits per heavy atom. The second-order valence-corrected chi connectivity index (χ2v) is 4.51. The SMILES string of the molecule is Cc1ccccc1C(=O)C1CCCC(=O)C1. The fraction of sp³-hybridized carbons (Fsp3) is 0.429. The Balaban J connectivity index is 2.19. The zero-order chi connectivity index (χ0) is 11.5. The molecular formula is C14H16O2. The number of hydrogen-bond donors (Lipinski definition) is 0. The van der Waals surface area contributed by atoms with E-state index in [0.717, 1.165) is 24.0 Å². The molecule has 1 saturated carbocycles. The van der Waals surface area contributed by atoms with Crippen LogP contribution in [-0.2, 0) is 4.79 Å². The van der Waals surface area contributed by atoms with Crippen molar-refractivity contribution in [3.05, 3.63) is 35.4 Å². The Labute approximate surface area is 95.7 Å². The summed E-state index contributed by atoms with van der Waals surface area (Å²) >= 11 is 0. The van der Waals surface area contributed by atoms with Gasteiger partial charge in [-0.05, 0) is 25.3 Å². The molecule has 0 amide bonds. The molecule has 1 aliphatic rings. The quantitative estimate of drug-likeness (QED) is 0.712. The number of rotatable bonds is 2. The molecule has 1 unspecified atom stereocenters. The molecular weight excluding hydrogens is 200 g/mol. The molecule has 1 fully saturated rings. The van der Waals surface area contributed by atoms with E-state index in [1.807, 2.05) is 31.2 Å². The molecule has 1 aromatic rings. The van der Waals surface area contributed by atoms with E-state index in [0.29, 0.717) is 12.8 Å². The van der Waals surface area contributed by atoms with E-state index in [1.165, 1.54) is 0 Å². The zero-order valence-electron chi connectivity index (χ0n) is 9.53. The number of benzene rings is 1. The normalized spacial score (nSPS) is 20.8. The highest BCUT2D eigenvalue weighted by Crippen LogP contribution is 2.25. The summed E-state index contributed by atoms with van der Waals surface area (Å²) in [5.74, 6) is 0.298. The molecule has 1 aliphatic carbocycles. The highest BCUT2D eigenvalue weighted by Gasteiger charge is 2.26. The van der Waals surface area contributed by atoms with Gasteiger partial charge in [-0.2, -0.15) is 0 Å². The van der Waals surface area contributed by atoms with Gasteiger partial charge >= 0.3 is 0 Å². The maximum absolute atomic E-state index is 12.2. The molecule has 84 valence electrons. The number of ketones is 2. The van der Waals surface area contributed by atoms with Gasteiger partial charge in [0.1, 0.15) is 5.78 Å². The monoisotopic (exact) mass is 216 g/mol. The van der Waals surface area contributed by atoms with E-state index < -0.39 is 0 Å². The third kappa shape index (κ3) is 2.21. The van der Waals surface area contributed by atoms with Crippen molar-refractivity contribution in [1.29, 1.82) is 0 Å². The Kier molecular flexibility index (Phi) is 3.18. The smallest absolute Gasteiger partial charge is 0.166 e. The van der Waals surface area contributed by atoms with Gasteiger partial charge < -0.3 is 0 Å². The Morgan fingerprint density at radius 2 is 2.06 bits per heavy atom. The minimum absolute atomic E-state index is 0.0812. The molecule has 0 aliphatic heterocycles. The van der Waals surface area contributed by atoms with Crippen LogP contribution >= 0.6 is 0 Å². The fourth-order valence-corrected chi connectivity index (χ4v) is 2.32. The second-order valence-electron chi connectivity index (χ2n) is 4.51. The number of aryl methyl sites for hydroxylation is 1. The lowest BCUT2D eigenvalue weighted by Crippen LogP contribution is -2.23. The van der Waals surface area contributed by atoms with Gasteiger partial charge in [-0.1, -0.05) is 24.3 Å². The van der Waals surface area contributed by atoms with Crippen LogP contribution in [0.3, 0.4) is 0 Å². The van der Waals surface area contributed by atoms with Crippen LogP contribution in [0, 0.1) is 12.8 Å². The predicted octanol–water partition coefficient (Wildman–Crippen LogP) is 2.94. The molecule has 1 aromatic carbocycles. The van der Waals surface area contributed by atoms with E-state index in [4.69, 9.17) is 0 Å². The van der Waals surface area contributed by atoms with Crippen molar-refractivity contribution in [2.24, 2.45) is 5.92 Å². The van der Waals surface area contributed by atoms with Crippen molar-refractivity contribution < 1.29 is 9.59 Å². The van der Waals surface area contributed by atoms with Crippen LogP contribution in [0.25, 0.3) is 0 Å². The standard InChI is InChI=1S/C14H16O2/c1-10-5-2-3-8-13(10)14(16)11-6-4-7-12(15)9-11/h2-3,5,8,11H,4,6-7,9H2,1H3. The predicted molar refractivity (Wildman–Crippen MR) is 62.5 cm³/mol. The highest BCUT2D eigenvalue weighted by atomic mass is 16.1. The lowest BCUT2D eigenvalue weighted by molar-refractivity contribution is -0.121. The average molecular weight is 216 g/mol. The molecule has 0 spiro atoms. The summed E-state index contributed by atoms with van der Waals surface area (Å²) in [4.78, 5) is 23.6. The van der Waals surface area contributed by atoms with Crippen molar-refractivity contribution in [2.45, 2.75) is 32.6 Å². The van der Waals surface area contributed by atoms with Crippen LogP contribution in [-0.4, -0.2) is 11.6 Å². The van der Waals surface area contributed by atoms with E-state index in [-0.39, 0.29) is 17.5 Å². The molecule has 1 atom stereocenters. The van der Waals surface area contributed by atoms with Gasteiger partial charge in [0.15, 0.2) is 5.78 Å². The fourth-order valence-electron chi connectivity index (χ4n) is 2.32. The van der Waals surface area contributed by atoms with Crippen molar-refractivity contribution >= 4 is 11.6 Å². The Hall–Kier alpha value is -1.44. The van der Waals surface area contributed by atoms with Crippen LogP contribution in [0.2, 0.25) is 0 Å². The van der Waals surface area contributed by atoms with Crippen LogP contribution in [0.1, 0.15) is 41.6 Å². The first-order valence-corrected chi connectivity index (χ1v) is 5.80. The van der Waals surface area contributed by atoms with Gasteiger partial charge in [0.05, 0.1) is 0 Å². The molecule has 0 heterocycles. The molecule has 0 N–H and O–H groups in total. The molecule has 2 heteroatoms. The summed E-state index contributed by atoms with van der Waals surface area (Å²) in [5.41, 5.74) is 1.78. The van der Waals surface area contributed by atoms with Gasteiger partial charge in [0, 0.05) is 24.3 Å². The number of hydrogen-bond acceptors (Lipinski definition) is 2. The second kappa shape index (κ2) is 4.60. The average Bonchev–Trinajstić information content (AvgIpc) is 2.29. The van der Waals surface area contributed by atoms with E-state index in [9.17, 15) is 9.59 Å². The number of carbonyl (C=O) groups excluding carboxylic acids is 2. The van der Waals surface area contributed by atoms with Gasteiger partial charge in [0.2, 0.25) is 0 Å². The molecule has 16 heavy (non-hydrogen) atoms. The lowest BCUT2D eigenvalue weighted by atomic mass is 9.82. The maximum atomic E-state index is 12.2. The summed E-state index contributed by atoms with van der Waals surface area (Å²) < 4.78 is 0. The van der Waals surface area contributed by atoms with Crippen LogP contribution in [0.5, 0.6) is 0 Å². The van der Waals surface area contributed by atoms with Crippen LogP contribution in [0.15, 0.2) is 24.3 Å². The van der Waals surface area contributed by atoms with Gasteiger partial charge in [-0.15, -0.1) is 0 Å².